The van der Waals surface area contributed by atoms with Crippen molar-refractivity contribution in [2.75, 3.05) is 5.32 Å². The number of benzene rings is 1. The first-order chi connectivity index (χ1) is 12.7. The van der Waals surface area contributed by atoms with Crippen LogP contribution in [0.1, 0.15) is 36.4 Å². The monoisotopic (exact) mass is 377 g/mol. The minimum Gasteiger partial charge on any atom is -0.324 e. The van der Waals surface area contributed by atoms with Crippen molar-refractivity contribution in [1.82, 2.24) is 20.0 Å². The van der Waals surface area contributed by atoms with Crippen molar-refractivity contribution in [3.8, 4) is 0 Å². The Hall–Kier alpha value is -3.30. The van der Waals surface area contributed by atoms with Gasteiger partial charge in [-0.15, -0.1) is 0 Å². The van der Waals surface area contributed by atoms with E-state index in [-0.39, 0.29) is 18.1 Å². The fraction of sp³-hybridized carbons (Fsp3) is 0.294. The topological polar surface area (TPSA) is 96.3 Å². The lowest BCUT2D eigenvalue weighted by Crippen LogP contribution is -2.40. The van der Waals surface area contributed by atoms with Gasteiger partial charge in [-0.05, 0) is 37.6 Å². The van der Waals surface area contributed by atoms with E-state index in [0.29, 0.717) is 15.9 Å². The molecule has 1 aromatic heterocycles. The summed E-state index contributed by atoms with van der Waals surface area (Å²) in [7, 11) is 0. The van der Waals surface area contributed by atoms with E-state index in [1.807, 2.05) is 0 Å². The Morgan fingerprint density at radius 3 is 2.44 bits per heavy atom. The van der Waals surface area contributed by atoms with E-state index in [1.165, 1.54) is 6.07 Å². The van der Waals surface area contributed by atoms with Crippen LogP contribution in [0.2, 0.25) is 0 Å². The zero-order chi connectivity index (χ0) is 19.8. The third-order valence-corrected chi connectivity index (χ3v) is 4.08. The summed E-state index contributed by atoms with van der Waals surface area (Å²) in [5.41, 5.74) is -0.163. The smallest absolute Gasteiger partial charge is 0.324 e. The van der Waals surface area contributed by atoms with Gasteiger partial charge in [-0.3, -0.25) is 14.5 Å². The maximum Gasteiger partial charge on any atom is 0.333 e. The number of aromatic nitrogens is 2. The predicted octanol–water partition coefficient (Wildman–Crippen LogP) is 2.36. The maximum absolute atomic E-state index is 12.8. The molecule has 0 aliphatic carbocycles. The Bertz CT molecular complexity index is 892. The summed E-state index contributed by atoms with van der Waals surface area (Å²) >= 11 is 0. The third kappa shape index (κ3) is 3.64. The number of nitrogens with one attached hydrogen (secondary N) is 2. The van der Waals surface area contributed by atoms with Crippen molar-refractivity contribution in [3.63, 3.8) is 0 Å². The number of urea groups is 1. The van der Waals surface area contributed by atoms with Gasteiger partial charge >= 0.3 is 12.6 Å². The van der Waals surface area contributed by atoms with Gasteiger partial charge < -0.3 is 10.6 Å². The SMILES string of the molecule is CC1(C)NC(=O)N(Cc2ccc(NC(=O)c3ccnn3C(F)F)cc2)C1=O. The molecule has 0 spiro atoms. The molecule has 27 heavy (non-hydrogen) atoms. The number of nitrogens with zero attached hydrogens (tertiary/aromatic N) is 3. The van der Waals surface area contributed by atoms with Crippen molar-refractivity contribution in [2.24, 2.45) is 0 Å². The summed E-state index contributed by atoms with van der Waals surface area (Å²) in [6.45, 7) is 0.406. The third-order valence-electron chi connectivity index (χ3n) is 4.08. The van der Waals surface area contributed by atoms with E-state index in [4.69, 9.17) is 0 Å². The van der Waals surface area contributed by atoms with E-state index in [9.17, 15) is 23.2 Å². The largest absolute Gasteiger partial charge is 0.333 e. The molecule has 10 heteroatoms. The van der Waals surface area contributed by atoms with Crippen LogP contribution in [-0.4, -0.2) is 38.1 Å². The lowest BCUT2D eigenvalue weighted by molar-refractivity contribution is -0.130. The van der Waals surface area contributed by atoms with Crippen molar-refractivity contribution >= 4 is 23.5 Å². The van der Waals surface area contributed by atoms with Crippen LogP contribution < -0.4 is 10.6 Å². The molecule has 0 radical (unpaired) electrons. The zero-order valence-corrected chi connectivity index (χ0v) is 14.6. The van der Waals surface area contributed by atoms with Crippen LogP contribution in [-0.2, 0) is 11.3 Å². The van der Waals surface area contributed by atoms with Gasteiger partial charge in [-0.2, -0.15) is 18.6 Å². The number of rotatable bonds is 5. The Balaban J connectivity index is 1.67. The van der Waals surface area contributed by atoms with Gasteiger partial charge in [0.25, 0.3) is 11.8 Å². The summed E-state index contributed by atoms with van der Waals surface area (Å²) in [6.07, 6.45) is 1.11. The first-order valence-corrected chi connectivity index (χ1v) is 8.05. The van der Waals surface area contributed by atoms with Crippen LogP contribution in [0.3, 0.4) is 0 Å². The number of amides is 4. The van der Waals surface area contributed by atoms with Gasteiger partial charge in [0.05, 0.1) is 6.54 Å². The Labute approximate surface area is 153 Å². The lowest BCUT2D eigenvalue weighted by Gasteiger charge is -2.16. The highest BCUT2D eigenvalue weighted by molar-refractivity contribution is 6.06. The highest BCUT2D eigenvalue weighted by Crippen LogP contribution is 2.20. The van der Waals surface area contributed by atoms with E-state index >= 15 is 0 Å². The van der Waals surface area contributed by atoms with E-state index < -0.39 is 24.0 Å². The van der Waals surface area contributed by atoms with Gasteiger partial charge in [-0.25, -0.2) is 4.79 Å². The molecule has 1 saturated heterocycles. The molecule has 2 heterocycles. The Kier molecular flexibility index (Phi) is 4.64. The first kappa shape index (κ1) is 18.5. The standard InChI is InChI=1S/C17H17F2N5O3/c1-17(2)14(26)23(16(27)22-17)9-10-3-5-11(6-4-10)21-13(25)12-7-8-20-24(12)15(18)19/h3-8,15H,9H2,1-2H3,(H,21,25)(H,22,27). The molecule has 0 bridgehead atoms. The van der Waals surface area contributed by atoms with Crippen molar-refractivity contribution < 1.29 is 23.2 Å². The number of anilines is 1. The Morgan fingerprint density at radius 2 is 1.89 bits per heavy atom. The van der Waals surface area contributed by atoms with Gasteiger partial charge in [0.2, 0.25) is 0 Å². The van der Waals surface area contributed by atoms with Gasteiger partial charge in [0.1, 0.15) is 11.2 Å². The summed E-state index contributed by atoms with van der Waals surface area (Å²) < 4.78 is 25.9. The molecule has 1 aromatic carbocycles. The second-order valence-corrected chi connectivity index (χ2v) is 6.54. The summed E-state index contributed by atoms with van der Waals surface area (Å²) in [5, 5.41) is 8.50. The molecular formula is C17H17F2N5O3. The second kappa shape index (κ2) is 6.78. The average Bonchev–Trinajstić information content (AvgIpc) is 3.16. The summed E-state index contributed by atoms with van der Waals surface area (Å²) in [6, 6.07) is 7.09. The quantitative estimate of drug-likeness (QED) is 0.782. The lowest BCUT2D eigenvalue weighted by atomic mass is 10.1. The minimum atomic E-state index is -2.92. The van der Waals surface area contributed by atoms with Crippen molar-refractivity contribution in [1.29, 1.82) is 0 Å². The van der Waals surface area contributed by atoms with Crippen LogP contribution in [0.15, 0.2) is 36.5 Å². The predicted molar refractivity (Wildman–Crippen MR) is 91.0 cm³/mol. The van der Waals surface area contributed by atoms with Crippen LogP contribution in [0, 0.1) is 0 Å². The second-order valence-electron chi connectivity index (χ2n) is 6.54. The summed E-state index contributed by atoms with van der Waals surface area (Å²) in [5.74, 6) is -1.05. The molecular weight excluding hydrogens is 360 g/mol. The van der Waals surface area contributed by atoms with Crippen LogP contribution in [0.5, 0.6) is 0 Å². The fourth-order valence-corrected chi connectivity index (χ4v) is 2.68. The molecule has 3 rings (SSSR count). The number of halogens is 2. The average molecular weight is 377 g/mol. The molecule has 142 valence electrons. The van der Waals surface area contributed by atoms with Gasteiger partial charge in [0, 0.05) is 11.9 Å². The van der Waals surface area contributed by atoms with Crippen molar-refractivity contribution in [2.45, 2.75) is 32.5 Å². The molecule has 0 saturated carbocycles. The zero-order valence-electron chi connectivity index (χ0n) is 14.6. The van der Waals surface area contributed by atoms with E-state index in [2.05, 4.69) is 15.7 Å². The van der Waals surface area contributed by atoms with Crippen LogP contribution in [0.25, 0.3) is 0 Å². The van der Waals surface area contributed by atoms with Gasteiger partial charge in [0.15, 0.2) is 0 Å². The first-order valence-electron chi connectivity index (χ1n) is 8.05. The highest BCUT2D eigenvalue weighted by Gasteiger charge is 2.44. The number of hydrogen-bond acceptors (Lipinski definition) is 4. The number of alkyl halides is 2. The molecule has 2 N–H and O–H groups in total. The molecule has 8 nitrogen and oxygen atoms in total. The van der Waals surface area contributed by atoms with Crippen LogP contribution >= 0.6 is 0 Å². The summed E-state index contributed by atoms with van der Waals surface area (Å²) in [4.78, 5) is 37.3. The minimum absolute atomic E-state index is 0.0838. The normalized spacial score (nSPS) is 16.0. The number of imide groups is 1. The van der Waals surface area contributed by atoms with E-state index in [1.54, 1.807) is 38.1 Å². The van der Waals surface area contributed by atoms with E-state index in [0.717, 1.165) is 11.1 Å². The molecule has 4 amide bonds. The molecule has 0 unspecified atom stereocenters. The number of hydrogen-bond donors (Lipinski definition) is 2. The number of carbonyl (C=O) groups is 3. The van der Waals surface area contributed by atoms with Crippen LogP contribution in [0.4, 0.5) is 19.3 Å². The molecule has 1 aliphatic heterocycles. The fourth-order valence-electron chi connectivity index (χ4n) is 2.68. The van der Waals surface area contributed by atoms with Crippen molar-refractivity contribution in [3.05, 3.63) is 47.8 Å². The molecule has 0 atom stereocenters. The maximum atomic E-state index is 12.8. The molecule has 1 fully saturated rings. The Morgan fingerprint density at radius 1 is 1.22 bits per heavy atom. The highest BCUT2D eigenvalue weighted by atomic mass is 19.3. The molecule has 1 aliphatic rings. The molecule has 2 aromatic rings. The van der Waals surface area contributed by atoms with Gasteiger partial charge in [-0.1, -0.05) is 12.1 Å². The number of carbonyl (C=O) groups excluding carboxylic acids is 3.